The van der Waals surface area contributed by atoms with Gasteiger partial charge in [0.1, 0.15) is 0 Å². The van der Waals surface area contributed by atoms with Crippen LogP contribution in [0.25, 0.3) is 0 Å². The van der Waals surface area contributed by atoms with E-state index in [0.29, 0.717) is 18.0 Å². The molecular weight excluding hydrogens is 302 g/mol. The molecule has 118 valence electrons. The SMILES string of the molecule is O=C(O)[C@H]1[C@@H]2CC[C@@H](C2)[C@@H]1C(=O)NCCc1cccc(Cl)c1. The maximum absolute atomic E-state index is 12.4. The first-order chi connectivity index (χ1) is 10.6. The third-order valence-electron chi connectivity index (χ3n) is 5.11. The highest BCUT2D eigenvalue weighted by Gasteiger charge is 2.53. The molecule has 3 rings (SSSR count). The molecule has 2 saturated carbocycles. The lowest BCUT2D eigenvalue weighted by atomic mass is 9.78. The van der Waals surface area contributed by atoms with Crippen LogP contribution in [0.1, 0.15) is 24.8 Å². The standard InChI is InChI=1S/C17H20ClNO3/c18-13-3-1-2-10(8-13)6-7-19-16(20)14-11-4-5-12(9-11)15(14)17(21)22/h1-3,8,11-12,14-15H,4-7,9H2,(H,19,20)(H,21,22)/t11-,12+,14-,15-/m0/s1. The predicted octanol–water partition coefficient (Wildman–Crippen LogP) is 2.75. The normalized spacial score (nSPS) is 29.5. The van der Waals surface area contributed by atoms with Gasteiger partial charge in [0.2, 0.25) is 5.91 Å². The van der Waals surface area contributed by atoms with Gasteiger partial charge in [-0.25, -0.2) is 0 Å². The van der Waals surface area contributed by atoms with Gasteiger partial charge in [0.25, 0.3) is 0 Å². The second-order valence-electron chi connectivity index (χ2n) is 6.39. The third-order valence-corrected chi connectivity index (χ3v) is 5.34. The summed E-state index contributed by atoms with van der Waals surface area (Å²) in [6.45, 7) is 0.513. The summed E-state index contributed by atoms with van der Waals surface area (Å²) in [5, 5.41) is 13.0. The van der Waals surface area contributed by atoms with Gasteiger partial charge >= 0.3 is 5.97 Å². The molecule has 1 aromatic rings. The highest BCUT2D eigenvalue weighted by atomic mass is 35.5. The summed E-state index contributed by atoms with van der Waals surface area (Å²) in [7, 11) is 0. The van der Waals surface area contributed by atoms with Gasteiger partial charge in [0.15, 0.2) is 0 Å². The molecular formula is C17H20ClNO3. The highest BCUT2D eigenvalue weighted by Crippen LogP contribution is 2.52. The Morgan fingerprint density at radius 1 is 1.23 bits per heavy atom. The van der Waals surface area contributed by atoms with Crippen molar-refractivity contribution in [3.63, 3.8) is 0 Å². The number of carbonyl (C=O) groups excluding carboxylic acids is 1. The lowest BCUT2D eigenvalue weighted by Crippen LogP contribution is -2.41. The summed E-state index contributed by atoms with van der Waals surface area (Å²) in [5.41, 5.74) is 1.07. The van der Waals surface area contributed by atoms with Gasteiger partial charge in [-0.05, 0) is 55.2 Å². The molecule has 4 nitrogen and oxygen atoms in total. The number of carbonyl (C=O) groups is 2. The Balaban J connectivity index is 1.56. The number of carboxylic acid groups (broad SMARTS) is 1. The Kier molecular flexibility index (Phi) is 4.39. The van der Waals surface area contributed by atoms with Crippen molar-refractivity contribution in [3.8, 4) is 0 Å². The van der Waals surface area contributed by atoms with E-state index in [1.54, 1.807) is 0 Å². The zero-order valence-electron chi connectivity index (χ0n) is 12.3. The third kappa shape index (κ3) is 2.98. The quantitative estimate of drug-likeness (QED) is 0.876. The van der Waals surface area contributed by atoms with Crippen molar-refractivity contribution in [3.05, 3.63) is 34.9 Å². The molecule has 0 aliphatic heterocycles. The zero-order valence-corrected chi connectivity index (χ0v) is 13.1. The van der Waals surface area contributed by atoms with Crippen LogP contribution in [-0.2, 0) is 16.0 Å². The van der Waals surface area contributed by atoms with Crippen LogP contribution < -0.4 is 5.32 Å². The number of hydrogen-bond donors (Lipinski definition) is 2. The first-order valence-electron chi connectivity index (χ1n) is 7.81. The average Bonchev–Trinajstić information content (AvgIpc) is 3.07. The van der Waals surface area contributed by atoms with Crippen LogP contribution in [0.5, 0.6) is 0 Å². The fraction of sp³-hybridized carbons (Fsp3) is 0.529. The molecule has 0 radical (unpaired) electrons. The van der Waals surface area contributed by atoms with E-state index in [4.69, 9.17) is 11.6 Å². The second-order valence-corrected chi connectivity index (χ2v) is 6.83. The van der Waals surface area contributed by atoms with Crippen LogP contribution in [0.3, 0.4) is 0 Å². The monoisotopic (exact) mass is 321 g/mol. The Hall–Kier alpha value is -1.55. The Labute approximate surface area is 134 Å². The molecule has 0 spiro atoms. The van der Waals surface area contributed by atoms with Crippen LogP contribution in [0, 0.1) is 23.7 Å². The maximum Gasteiger partial charge on any atom is 0.307 e. The first-order valence-corrected chi connectivity index (χ1v) is 8.19. The number of nitrogens with one attached hydrogen (secondary N) is 1. The molecule has 2 aliphatic carbocycles. The van der Waals surface area contributed by atoms with Gasteiger partial charge in [-0.15, -0.1) is 0 Å². The first kappa shape index (κ1) is 15.3. The van der Waals surface area contributed by atoms with E-state index in [1.807, 2.05) is 24.3 Å². The molecule has 0 saturated heterocycles. The molecule has 2 aliphatic rings. The molecule has 1 amide bonds. The van der Waals surface area contributed by atoms with Crippen molar-refractivity contribution in [2.24, 2.45) is 23.7 Å². The van der Waals surface area contributed by atoms with Gasteiger partial charge in [0.05, 0.1) is 11.8 Å². The van der Waals surface area contributed by atoms with Crippen LogP contribution in [0.4, 0.5) is 0 Å². The van der Waals surface area contributed by atoms with Gasteiger partial charge in [-0.2, -0.15) is 0 Å². The molecule has 1 aromatic carbocycles. The maximum atomic E-state index is 12.4. The molecule has 0 unspecified atom stereocenters. The van der Waals surface area contributed by atoms with E-state index in [-0.39, 0.29) is 23.7 Å². The molecule has 0 heterocycles. The number of hydrogen-bond acceptors (Lipinski definition) is 2. The van der Waals surface area contributed by atoms with E-state index in [0.717, 1.165) is 24.8 Å². The summed E-state index contributed by atoms with van der Waals surface area (Å²) in [4.78, 5) is 23.9. The molecule has 5 heteroatoms. The van der Waals surface area contributed by atoms with E-state index < -0.39 is 11.9 Å². The van der Waals surface area contributed by atoms with E-state index in [1.165, 1.54) is 0 Å². The highest BCUT2D eigenvalue weighted by molar-refractivity contribution is 6.30. The topological polar surface area (TPSA) is 66.4 Å². The number of fused-ring (bicyclic) bond motifs is 2. The minimum Gasteiger partial charge on any atom is -0.481 e. The summed E-state index contributed by atoms with van der Waals surface area (Å²) in [6.07, 6.45) is 3.53. The lowest BCUT2D eigenvalue weighted by molar-refractivity contribution is -0.149. The van der Waals surface area contributed by atoms with Gasteiger partial charge in [0, 0.05) is 11.6 Å². The molecule has 22 heavy (non-hydrogen) atoms. The largest absolute Gasteiger partial charge is 0.481 e. The summed E-state index contributed by atoms with van der Waals surface area (Å²) >= 11 is 5.93. The number of benzene rings is 1. The minimum absolute atomic E-state index is 0.0957. The van der Waals surface area contributed by atoms with Gasteiger partial charge in [-0.3, -0.25) is 9.59 Å². The fourth-order valence-corrected chi connectivity index (χ4v) is 4.38. The van der Waals surface area contributed by atoms with Crippen molar-refractivity contribution < 1.29 is 14.7 Å². The lowest BCUT2D eigenvalue weighted by Gasteiger charge is -2.27. The number of aliphatic carboxylic acids is 1. The smallest absolute Gasteiger partial charge is 0.307 e. The fourth-order valence-electron chi connectivity index (χ4n) is 4.16. The van der Waals surface area contributed by atoms with Crippen LogP contribution >= 0.6 is 11.6 Å². The van der Waals surface area contributed by atoms with Crippen molar-refractivity contribution in [1.29, 1.82) is 0 Å². The van der Waals surface area contributed by atoms with Crippen molar-refractivity contribution in [2.45, 2.75) is 25.7 Å². The van der Waals surface area contributed by atoms with E-state index in [9.17, 15) is 14.7 Å². The molecule has 2 fully saturated rings. The molecule has 2 bridgehead atoms. The van der Waals surface area contributed by atoms with Crippen LogP contribution in [0.2, 0.25) is 5.02 Å². The molecule has 4 atom stereocenters. The number of carboxylic acids is 1. The minimum atomic E-state index is -0.817. The van der Waals surface area contributed by atoms with Crippen molar-refractivity contribution >= 4 is 23.5 Å². The van der Waals surface area contributed by atoms with Gasteiger partial charge < -0.3 is 10.4 Å². The number of amides is 1. The molecule has 0 aromatic heterocycles. The Morgan fingerprint density at radius 2 is 1.95 bits per heavy atom. The number of halogens is 1. The van der Waals surface area contributed by atoms with Crippen LogP contribution in [-0.4, -0.2) is 23.5 Å². The van der Waals surface area contributed by atoms with Gasteiger partial charge in [-0.1, -0.05) is 23.7 Å². The van der Waals surface area contributed by atoms with Crippen molar-refractivity contribution in [2.75, 3.05) is 6.54 Å². The average molecular weight is 322 g/mol. The number of rotatable bonds is 5. The summed E-state index contributed by atoms with van der Waals surface area (Å²) < 4.78 is 0. The second kappa shape index (κ2) is 6.29. The Bertz CT molecular complexity index is 589. The summed E-state index contributed by atoms with van der Waals surface area (Å²) in [6, 6.07) is 7.55. The van der Waals surface area contributed by atoms with Crippen LogP contribution in [0.15, 0.2) is 24.3 Å². The Morgan fingerprint density at radius 3 is 2.64 bits per heavy atom. The molecule has 2 N–H and O–H groups in total. The van der Waals surface area contributed by atoms with E-state index in [2.05, 4.69) is 5.32 Å². The van der Waals surface area contributed by atoms with Crippen molar-refractivity contribution in [1.82, 2.24) is 5.32 Å². The zero-order chi connectivity index (χ0) is 15.7. The van der Waals surface area contributed by atoms with E-state index >= 15 is 0 Å². The predicted molar refractivity (Wildman–Crippen MR) is 83.6 cm³/mol. The summed E-state index contributed by atoms with van der Waals surface area (Å²) in [5.74, 6) is -1.33.